The van der Waals surface area contributed by atoms with Gasteiger partial charge in [0.05, 0.1) is 30.5 Å². The molecule has 1 aromatic carbocycles. The Bertz CT molecular complexity index is 946. The van der Waals surface area contributed by atoms with E-state index < -0.39 is 5.72 Å². The zero-order chi connectivity index (χ0) is 23.3. The molecule has 1 aliphatic heterocycles. The Morgan fingerprint density at radius 1 is 1.31 bits per heavy atom. The fraction of sp³-hybridized carbons (Fsp3) is 0.500. The van der Waals surface area contributed by atoms with Gasteiger partial charge in [-0.05, 0) is 39.8 Å². The van der Waals surface area contributed by atoms with Gasteiger partial charge in [0, 0.05) is 31.0 Å². The van der Waals surface area contributed by atoms with E-state index >= 15 is 0 Å². The maximum atomic E-state index is 13.9. The van der Waals surface area contributed by atoms with E-state index in [0.29, 0.717) is 35.7 Å². The Balaban J connectivity index is 2.13. The van der Waals surface area contributed by atoms with Crippen molar-refractivity contribution in [3.63, 3.8) is 0 Å². The number of hydrogen-bond donors (Lipinski definition) is 2. The molecule has 1 aromatic heterocycles. The highest BCUT2D eigenvalue weighted by Crippen LogP contribution is 2.38. The number of aliphatic hydroxyl groups is 1. The summed E-state index contributed by atoms with van der Waals surface area (Å²) in [6, 6.07) is 6.60. The minimum atomic E-state index is -1.12. The summed E-state index contributed by atoms with van der Waals surface area (Å²) < 4.78 is 11.7. The van der Waals surface area contributed by atoms with Crippen LogP contribution in [-0.4, -0.2) is 59.3 Å². The summed E-state index contributed by atoms with van der Waals surface area (Å²) in [5.74, 6) is 0.737. The standard InChI is InChI=1S/C22H30ClN5O4/c1-5-31-14-22(4,32-6-2)28-19-16(11-24-20(26-19)25-15(3)13-29)12-27(21(28)30)18-10-8-7-9-17(18)23/h7-11,15,29H,5-6,12-14H2,1-4H3,(H,24,25,26)/t15?,22-/m1/s1. The SMILES string of the molecule is CCOC[C@@](C)(OCC)N1C(=O)N(c2ccccc2Cl)Cc2cnc(NC(C)CO)nc21. The van der Waals surface area contributed by atoms with Gasteiger partial charge in [0.25, 0.3) is 0 Å². The lowest BCUT2D eigenvalue weighted by molar-refractivity contribution is -0.0767. The number of carbonyl (C=O) groups excluding carboxylic acids is 1. The molecule has 0 saturated carbocycles. The first-order chi connectivity index (χ1) is 15.3. The third-order valence-electron chi connectivity index (χ3n) is 5.10. The summed E-state index contributed by atoms with van der Waals surface area (Å²) in [4.78, 5) is 25.9. The van der Waals surface area contributed by atoms with Crippen molar-refractivity contribution in [3.8, 4) is 0 Å². The van der Waals surface area contributed by atoms with E-state index in [-0.39, 0.29) is 31.8 Å². The number of para-hydroxylation sites is 1. The Morgan fingerprint density at radius 2 is 2.06 bits per heavy atom. The summed E-state index contributed by atoms with van der Waals surface area (Å²) in [5, 5.41) is 12.9. The molecule has 2 amide bonds. The van der Waals surface area contributed by atoms with E-state index in [1.807, 2.05) is 32.9 Å². The van der Waals surface area contributed by atoms with Crippen molar-refractivity contribution in [1.29, 1.82) is 0 Å². The molecule has 9 nitrogen and oxygen atoms in total. The zero-order valence-electron chi connectivity index (χ0n) is 18.8. The zero-order valence-corrected chi connectivity index (χ0v) is 19.6. The third-order valence-corrected chi connectivity index (χ3v) is 5.42. The van der Waals surface area contributed by atoms with Crippen molar-refractivity contribution in [2.24, 2.45) is 0 Å². The Morgan fingerprint density at radius 3 is 2.72 bits per heavy atom. The van der Waals surface area contributed by atoms with Gasteiger partial charge in [0.15, 0.2) is 5.72 Å². The summed E-state index contributed by atoms with van der Waals surface area (Å²) >= 11 is 6.42. The van der Waals surface area contributed by atoms with Crippen LogP contribution >= 0.6 is 11.6 Å². The second-order valence-corrected chi connectivity index (χ2v) is 8.08. The first kappa shape index (κ1) is 24.2. The Labute approximate surface area is 193 Å². The molecule has 2 aromatic rings. The van der Waals surface area contributed by atoms with Crippen molar-refractivity contribution in [2.45, 2.75) is 46.0 Å². The molecule has 1 aliphatic rings. The fourth-order valence-corrected chi connectivity index (χ4v) is 3.78. The fourth-order valence-electron chi connectivity index (χ4n) is 3.55. The number of carbonyl (C=O) groups is 1. The van der Waals surface area contributed by atoms with Crippen molar-refractivity contribution in [3.05, 3.63) is 41.0 Å². The predicted molar refractivity (Wildman–Crippen MR) is 124 cm³/mol. The third kappa shape index (κ3) is 4.96. The van der Waals surface area contributed by atoms with Crippen LogP contribution in [0.3, 0.4) is 0 Å². The van der Waals surface area contributed by atoms with Gasteiger partial charge in [0.1, 0.15) is 5.82 Å². The minimum Gasteiger partial charge on any atom is -0.394 e. The smallest absolute Gasteiger partial charge is 0.332 e. The van der Waals surface area contributed by atoms with Crippen LogP contribution in [0, 0.1) is 0 Å². The van der Waals surface area contributed by atoms with Crippen molar-refractivity contribution in [2.75, 3.05) is 41.5 Å². The maximum absolute atomic E-state index is 13.9. The molecular weight excluding hydrogens is 434 g/mol. The molecule has 10 heteroatoms. The highest BCUT2D eigenvalue weighted by molar-refractivity contribution is 6.34. The average molecular weight is 464 g/mol. The van der Waals surface area contributed by atoms with Crippen molar-refractivity contribution in [1.82, 2.24) is 9.97 Å². The molecule has 1 unspecified atom stereocenters. The van der Waals surface area contributed by atoms with Crippen LogP contribution in [0.5, 0.6) is 0 Å². The summed E-state index contributed by atoms with van der Waals surface area (Å²) in [6.45, 7) is 8.52. The lowest BCUT2D eigenvalue weighted by Gasteiger charge is -2.45. The average Bonchev–Trinajstić information content (AvgIpc) is 2.78. The number of ether oxygens (including phenoxy) is 2. The number of urea groups is 1. The van der Waals surface area contributed by atoms with Gasteiger partial charge in [-0.3, -0.25) is 4.90 Å². The van der Waals surface area contributed by atoms with Gasteiger partial charge in [0.2, 0.25) is 5.95 Å². The maximum Gasteiger partial charge on any atom is 0.332 e. The van der Waals surface area contributed by atoms with E-state index in [2.05, 4.69) is 15.3 Å². The second kappa shape index (κ2) is 10.4. The largest absolute Gasteiger partial charge is 0.394 e. The van der Waals surface area contributed by atoms with Gasteiger partial charge in [-0.15, -0.1) is 0 Å². The van der Waals surface area contributed by atoms with Gasteiger partial charge in [-0.25, -0.2) is 14.7 Å². The van der Waals surface area contributed by atoms with Crippen molar-refractivity contribution >= 4 is 35.1 Å². The van der Waals surface area contributed by atoms with E-state index in [1.165, 1.54) is 4.90 Å². The summed E-state index contributed by atoms with van der Waals surface area (Å²) in [7, 11) is 0. The number of rotatable bonds is 10. The number of benzene rings is 1. The quantitative estimate of drug-likeness (QED) is 0.554. The van der Waals surface area contributed by atoms with Crippen LogP contribution in [0.25, 0.3) is 0 Å². The van der Waals surface area contributed by atoms with Gasteiger partial charge in [-0.1, -0.05) is 23.7 Å². The summed E-state index contributed by atoms with van der Waals surface area (Å²) in [6.07, 6.45) is 1.67. The lowest BCUT2D eigenvalue weighted by atomic mass is 10.1. The molecule has 0 saturated heterocycles. The lowest BCUT2D eigenvalue weighted by Crippen LogP contribution is -2.61. The van der Waals surface area contributed by atoms with Gasteiger partial charge >= 0.3 is 6.03 Å². The molecule has 2 N–H and O–H groups in total. The molecular formula is C22H30ClN5O4. The number of nitrogens with one attached hydrogen (secondary N) is 1. The predicted octanol–water partition coefficient (Wildman–Crippen LogP) is 3.66. The van der Waals surface area contributed by atoms with E-state index in [0.717, 1.165) is 5.56 Å². The number of hydrogen-bond acceptors (Lipinski definition) is 7. The normalized spacial score (nSPS) is 16.5. The number of aromatic nitrogens is 2. The van der Waals surface area contributed by atoms with E-state index in [4.69, 9.17) is 21.1 Å². The molecule has 0 radical (unpaired) electrons. The Hall–Kier alpha value is -2.46. The van der Waals surface area contributed by atoms with Crippen LogP contribution in [0.2, 0.25) is 5.02 Å². The van der Waals surface area contributed by atoms with Gasteiger partial charge < -0.3 is 19.9 Å². The molecule has 0 aliphatic carbocycles. The number of fused-ring (bicyclic) bond motifs is 1. The van der Waals surface area contributed by atoms with Crippen LogP contribution < -0.4 is 15.1 Å². The molecule has 3 rings (SSSR count). The molecule has 174 valence electrons. The highest BCUT2D eigenvalue weighted by Gasteiger charge is 2.45. The topological polar surface area (TPSA) is 100 Å². The second-order valence-electron chi connectivity index (χ2n) is 7.67. The van der Waals surface area contributed by atoms with Crippen molar-refractivity contribution < 1.29 is 19.4 Å². The first-order valence-electron chi connectivity index (χ1n) is 10.7. The van der Waals surface area contributed by atoms with E-state index in [9.17, 15) is 9.90 Å². The molecule has 0 fully saturated rings. The highest BCUT2D eigenvalue weighted by atomic mass is 35.5. The van der Waals surface area contributed by atoms with Gasteiger partial charge in [-0.2, -0.15) is 4.98 Å². The Kier molecular flexibility index (Phi) is 7.89. The monoisotopic (exact) mass is 463 g/mol. The molecule has 0 spiro atoms. The minimum absolute atomic E-state index is 0.0790. The van der Waals surface area contributed by atoms with Crippen LogP contribution in [0.1, 0.15) is 33.3 Å². The molecule has 0 bridgehead atoms. The van der Waals surface area contributed by atoms with Crippen LogP contribution in [0.4, 0.5) is 22.2 Å². The van der Waals surface area contributed by atoms with Crippen LogP contribution in [-0.2, 0) is 16.0 Å². The molecule has 2 heterocycles. The number of nitrogens with zero attached hydrogens (tertiary/aromatic N) is 4. The number of halogens is 1. The van der Waals surface area contributed by atoms with Crippen LogP contribution in [0.15, 0.2) is 30.5 Å². The molecule has 2 atom stereocenters. The number of anilines is 3. The number of amides is 2. The molecule has 32 heavy (non-hydrogen) atoms. The first-order valence-corrected chi connectivity index (χ1v) is 11.0. The number of aliphatic hydroxyl groups excluding tert-OH is 1. The van der Waals surface area contributed by atoms with E-state index in [1.54, 1.807) is 30.2 Å². The summed E-state index contributed by atoms with van der Waals surface area (Å²) in [5.41, 5.74) is 0.195.